The summed E-state index contributed by atoms with van der Waals surface area (Å²) in [5.74, 6) is 0.393. The van der Waals surface area contributed by atoms with Gasteiger partial charge >= 0.3 is 0 Å². The second-order valence-corrected chi connectivity index (χ2v) is 6.31. The molecule has 0 atom stereocenters. The standard InChI is InChI=1S/C12H19N5O3S/c1-2-5-17-8-11(6-10(17)7-13)21(18,19)16-4-3-12-14-9-15-20-12/h6,8-9,16H,2-5,7,13H2,1H3. The Balaban J connectivity index is 2.04. The normalized spacial score (nSPS) is 11.9. The molecule has 116 valence electrons. The molecule has 0 aliphatic carbocycles. The molecule has 0 aliphatic rings. The van der Waals surface area contributed by atoms with Crippen LogP contribution in [0.3, 0.4) is 0 Å². The van der Waals surface area contributed by atoms with Crippen LogP contribution in [-0.4, -0.2) is 29.7 Å². The van der Waals surface area contributed by atoms with Crippen LogP contribution in [0.5, 0.6) is 0 Å². The van der Waals surface area contributed by atoms with Crippen LogP contribution >= 0.6 is 0 Å². The molecule has 0 saturated carbocycles. The zero-order valence-electron chi connectivity index (χ0n) is 11.8. The summed E-state index contributed by atoms with van der Waals surface area (Å²) in [6, 6.07) is 1.60. The Kier molecular flexibility index (Phi) is 5.10. The van der Waals surface area contributed by atoms with Crippen molar-refractivity contribution in [2.75, 3.05) is 6.54 Å². The summed E-state index contributed by atoms with van der Waals surface area (Å²) in [4.78, 5) is 4.06. The zero-order valence-corrected chi connectivity index (χ0v) is 12.6. The molecule has 0 unspecified atom stereocenters. The third kappa shape index (κ3) is 3.90. The number of nitrogens with two attached hydrogens (primary N) is 1. The highest BCUT2D eigenvalue weighted by molar-refractivity contribution is 7.89. The highest BCUT2D eigenvalue weighted by Crippen LogP contribution is 2.14. The largest absolute Gasteiger partial charge is 0.349 e. The minimum atomic E-state index is -3.56. The summed E-state index contributed by atoms with van der Waals surface area (Å²) in [5.41, 5.74) is 6.44. The number of nitrogens with zero attached hydrogens (tertiary/aromatic N) is 3. The first-order valence-corrected chi connectivity index (χ1v) is 8.19. The fourth-order valence-electron chi connectivity index (χ4n) is 1.97. The van der Waals surface area contributed by atoms with Gasteiger partial charge in [-0.2, -0.15) is 4.98 Å². The van der Waals surface area contributed by atoms with Gasteiger partial charge in [-0.15, -0.1) is 0 Å². The maximum absolute atomic E-state index is 12.2. The summed E-state index contributed by atoms with van der Waals surface area (Å²) in [7, 11) is -3.56. The molecule has 0 saturated heterocycles. The van der Waals surface area contributed by atoms with Crippen LogP contribution in [0, 0.1) is 0 Å². The van der Waals surface area contributed by atoms with Crippen LogP contribution in [0.4, 0.5) is 0 Å². The van der Waals surface area contributed by atoms with Gasteiger partial charge in [-0.25, -0.2) is 13.1 Å². The van der Waals surface area contributed by atoms with Crippen molar-refractivity contribution >= 4 is 10.0 Å². The van der Waals surface area contributed by atoms with Gasteiger partial charge in [-0.3, -0.25) is 0 Å². The van der Waals surface area contributed by atoms with E-state index < -0.39 is 10.0 Å². The van der Waals surface area contributed by atoms with Gasteiger partial charge in [0.05, 0.1) is 4.90 Å². The Morgan fingerprint density at radius 1 is 1.48 bits per heavy atom. The molecule has 21 heavy (non-hydrogen) atoms. The summed E-state index contributed by atoms with van der Waals surface area (Å²) < 4.78 is 33.6. The average Bonchev–Trinajstić information content (AvgIpc) is 3.08. The molecule has 0 fully saturated rings. The molecular formula is C12H19N5O3S. The van der Waals surface area contributed by atoms with Gasteiger partial charge in [0.25, 0.3) is 0 Å². The van der Waals surface area contributed by atoms with Crippen LogP contribution in [0.2, 0.25) is 0 Å². The molecule has 2 rings (SSSR count). The Hall–Kier alpha value is -1.71. The summed E-state index contributed by atoms with van der Waals surface area (Å²) >= 11 is 0. The summed E-state index contributed by atoms with van der Waals surface area (Å²) in [6.45, 7) is 3.26. The third-order valence-corrected chi connectivity index (χ3v) is 4.41. The molecule has 8 nitrogen and oxygen atoms in total. The van der Waals surface area contributed by atoms with Gasteiger partial charge < -0.3 is 14.8 Å². The lowest BCUT2D eigenvalue weighted by molar-refractivity contribution is 0.377. The van der Waals surface area contributed by atoms with E-state index in [0.29, 0.717) is 18.9 Å². The lowest BCUT2D eigenvalue weighted by atomic mass is 10.4. The predicted octanol–water partition coefficient (Wildman–Crippen LogP) is 0.261. The second kappa shape index (κ2) is 6.83. The Bertz CT molecular complexity index is 663. The van der Waals surface area contributed by atoms with Gasteiger partial charge in [0.2, 0.25) is 15.9 Å². The van der Waals surface area contributed by atoms with E-state index in [1.807, 2.05) is 11.5 Å². The molecule has 2 aromatic heterocycles. The van der Waals surface area contributed by atoms with Gasteiger partial charge in [-0.05, 0) is 12.5 Å². The summed E-state index contributed by atoms with van der Waals surface area (Å²) in [5, 5.41) is 3.46. The highest BCUT2D eigenvalue weighted by Gasteiger charge is 2.17. The molecule has 2 heterocycles. The quantitative estimate of drug-likeness (QED) is 0.722. The molecule has 9 heteroatoms. The number of sulfonamides is 1. The topological polar surface area (TPSA) is 116 Å². The van der Waals surface area contributed by atoms with E-state index in [0.717, 1.165) is 18.7 Å². The molecule has 0 radical (unpaired) electrons. The second-order valence-electron chi connectivity index (χ2n) is 4.55. The third-order valence-electron chi connectivity index (χ3n) is 2.98. The molecule has 0 aromatic carbocycles. The van der Waals surface area contributed by atoms with Crippen molar-refractivity contribution in [3.8, 4) is 0 Å². The fraction of sp³-hybridized carbons (Fsp3) is 0.500. The van der Waals surface area contributed by atoms with Crippen LogP contribution in [0.1, 0.15) is 24.9 Å². The minimum absolute atomic E-state index is 0.196. The molecule has 0 spiro atoms. The first-order valence-electron chi connectivity index (χ1n) is 6.71. The molecule has 0 aliphatic heterocycles. The van der Waals surface area contributed by atoms with Crippen molar-refractivity contribution in [3.05, 3.63) is 30.2 Å². The van der Waals surface area contributed by atoms with Crippen molar-refractivity contribution in [2.45, 2.75) is 37.8 Å². The smallest absolute Gasteiger partial charge is 0.242 e. The average molecular weight is 313 g/mol. The number of hydrogen-bond donors (Lipinski definition) is 2. The van der Waals surface area contributed by atoms with E-state index in [4.69, 9.17) is 10.3 Å². The molecule has 2 aromatic rings. The van der Waals surface area contributed by atoms with E-state index >= 15 is 0 Å². The van der Waals surface area contributed by atoms with E-state index in [-0.39, 0.29) is 11.4 Å². The van der Waals surface area contributed by atoms with Crippen LogP contribution in [0.15, 0.2) is 28.0 Å². The van der Waals surface area contributed by atoms with Crippen molar-refractivity contribution in [1.82, 2.24) is 19.4 Å². The number of aryl methyl sites for hydroxylation is 1. The number of aromatic nitrogens is 3. The van der Waals surface area contributed by atoms with E-state index in [9.17, 15) is 8.42 Å². The van der Waals surface area contributed by atoms with E-state index in [2.05, 4.69) is 14.9 Å². The first-order chi connectivity index (χ1) is 10.1. The van der Waals surface area contributed by atoms with E-state index in [1.165, 1.54) is 6.33 Å². The molecule has 0 bridgehead atoms. The van der Waals surface area contributed by atoms with Gasteiger partial charge in [0.15, 0.2) is 6.33 Å². The molecular weight excluding hydrogens is 294 g/mol. The number of nitrogens with one attached hydrogen (secondary N) is 1. The van der Waals surface area contributed by atoms with Crippen LogP contribution in [0.25, 0.3) is 0 Å². The lowest BCUT2D eigenvalue weighted by Gasteiger charge is -2.04. The maximum atomic E-state index is 12.2. The van der Waals surface area contributed by atoms with Gasteiger partial charge in [-0.1, -0.05) is 12.1 Å². The first kappa shape index (κ1) is 15.7. The molecule has 0 amide bonds. The molecule has 3 N–H and O–H groups in total. The SMILES string of the molecule is CCCn1cc(S(=O)(=O)NCCc2ncno2)cc1CN. The van der Waals surface area contributed by atoms with Gasteiger partial charge in [0.1, 0.15) is 0 Å². The van der Waals surface area contributed by atoms with Gasteiger partial charge in [0, 0.05) is 37.9 Å². The summed E-state index contributed by atoms with van der Waals surface area (Å²) in [6.07, 6.45) is 4.15. The number of rotatable bonds is 8. The van der Waals surface area contributed by atoms with Crippen molar-refractivity contribution in [1.29, 1.82) is 0 Å². The monoisotopic (exact) mass is 313 g/mol. The van der Waals surface area contributed by atoms with Crippen LogP contribution < -0.4 is 10.5 Å². The van der Waals surface area contributed by atoms with Crippen molar-refractivity contribution in [3.63, 3.8) is 0 Å². The van der Waals surface area contributed by atoms with Crippen LogP contribution in [-0.2, 0) is 29.5 Å². The Labute approximate surface area is 123 Å². The zero-order chi connectivity index (χ0) is 15.3. The van der Waals surface area contributed by atoms with Crippen molar-refractivity contribution < 1.29 is 12.9 Å². The van der Waals surface area contributed by atoms with E-state index in [1.54, 1.807) is 12.3 Å². The number of hydrogen-bond acceptors (Lipinski definition) is 6. The Morgan fingerprint density at radius 3 is 2.90 bits per heavy atom. The lowest BCUT2D eigenvalue weighted by Crippen LogP contribution is -2.25. The predicted molar refractivity (Wildman–Crippen MR) is 75.8 cm³/mol. The highest BCUT2D eigenvalue weighted by atomic mass is 32.2. The van der Waals surface area contributed by atoms with Crippen molar-refractivity contribution in [2.24, 2.45) is 5.73 Å². The Morgan fingerprint density at radius 2 is 2.29 bits per heavy atom. The maximum Gasteiger partial charge on any atom is 0.242 e. The minimum Gasteiger partial charge on any atom is -0.349 e. The fourth-order valence-corrected chi connectivity index (χ4v) is 3.07.